The summed E-state index contributed by atoms with van der Waals surface area (Å²) in [7, 11) is 3.03. The molecule has 7 fully saturated rings. The molecule has 2 saturated heterocycles. The summed E-state index contributed by atoms with van der Waals surface area (Å²) in [5.41, 5.74) is 7.43. The topological polar surface area (TPSA) is 97.5 Å². The second-order valence-electron chi connectivity index (χ2n) is 17.6. The van der Waals surface area contributed by atoms with E-state index in [9.17, 15) is 13.6 Å². The number of fused-ring (bicyclic) bond motifs is 4. The van der Waals surface area contributed by atoms with E-state index < -0.39 is 11.6 Å². The van der Waals surface area contributed by atoms with Crippen molar-refractivity contribution in [1.82, 2.24) is 9.80 Å². The average molecular weight is 688 g/mol. The zero-order valence-electron chi connectivity index (χ0n) is 30.3. The van der Waals surface area contributed by atoms with E-state index >= 15 is 0 Å². The number of ether oxygens (including phenoxy) is 3. The largest absolute Gasteiger partial charge is 0.400 e. The molecule has 2 aliphatic heterocycles. The summed E-state index contributed by atoms with van der Waals surface area (Å²) in [6, 6.07) is 3.80. The van der Waals surface area contributed by atoms with Gasteiger partial charge in [0.15, 0.2) is 6.29 Å². The monoisotopic (exact) mass is 687 g/mol. The third-order valence-electron chi connectivity index (χ3n) is 15.2. The quantitative estimate of drug-likeness (QED) is 0.380. The van der Waals surface area contributed by atoms with Gasteiger partial charge in [0, 0.05) is 26.3 Å². The number of hydrogen-bond donors (Lipinski definition) is 2. The first-order valence-electron chi connectivity index (χ1n) is 18.9. The summed E-state index contributed by atoms with van der Waals surface area (Å²) in [6.07, 6.45) is 12.4. The predicted octanol–water partition coefficient (Wildman–Crippen LogP) is 5.70. The van der Waals surface area contributed by atoms with Crippen molar-refractivity contribution in [2.75, 3.05) is 40.4 Å². The van der Waals surface area contributed by atoms with Crippen LogP contribution in [0.1, 0.15) is 90.5 Å². The second-order valence-corrected chi connectivity index (χ2v) is 17.6. The van der Waals surface area contributed by atoms with Gasteiger partial charge < -0.3 is 25.1 Å². The Bertz CT molecular complexity index is 1380. The van der Waals surface area contributed by atoms with Crippen molar-refractivity contribution in [3.05, 3.63) is 35.4 Å². The van der Waals surface area contributed by atoms with E-state index in [-0.39, 0.29) is 42.6 Å². The van der Waals surface area contributed by atoms with Crippen LogP contribution in [0.25, 0.3) is 0 Å². The molecule has 8 rings (SSSR count). The van der Waals surface area contributed by atoms with Crippen LogP contribution >= 0.6 is 0 Å². The molecule has 0 bridgehead atoms. The van der Waals surface area contributed by atoms with Gasteiger partial charge in [0.05, 0.1) is 31.9 Å². The molecule has 274 valence electrons. The molecule has 0 aromatic heterocycles. The highest BCUT2D eigenvalue weighted by Crippen LogP contribution is 2.87. The Kier molecular flexibility index (Phi) is 9.52. The van der Waals surface area contributed by atoms with Crippen molar-refractivity contribution in [1.29, 1.82) is 0 Å². The van der Waals surface area contributed by atoms with Crippen molar-refractivity contribution in [2.24, 2.45) is 51.1 Å². The molecule has 49 heavy (non-hydrogen) atoms. The molecule has 0 radical (unpaired) electrons. The molecular weight excluding hydrogens is 628 g/mol. The van der Waals surface area contributed by atoms with Crippen LogP contribution < -0.4 is 5.73 Å². The zero-order chi connectivity index (χ0) is 34.9. The van der Waals surface area contributed by atoms with Gasteiger partial charge in [-0.05, 0) is 134 Å². The van der Waals surface area contributed by atoms with Crippen LogP contribution in [0.2, 0.25) is 0 Å². The fourth-order valence-corrected chi connectivity index (χ4v) is 13.2. The van der Waals surface area contributed by atoms with Crippen molar-refractivity contribution < 1.29 is 32.9 Å². The number of carbonyl (C=O) groups excluding carboxylic acids is 1. The maximum Gasteiger partial charge on any atom is 0.231 e. The van der Waals surface area contributed by atoms with Gasteiger partial charge in [-0.1, -0.05) is 20.8 Å². The molecule has 5 saturated carbocycles. The average Bonchev–Trinajstić information content (AvgIpc) is 3.62. The zero-order valence-corrected chi connectivity index (χ0v) is 30.3. The van der Waals surface area contributed by atoms with Gasteiger partial charge in [-0.15, -0.1) is 0 Å². The molecule has 2 heterocycles. The van der Waals surface area contributed by atoms with Crippen LogP contribution in [0.4, 0.5) is 8.78 Å². The lowest BCUT2D eigenvalue weighted by atomic mass is 9.46. The number of morpholine rings is 1. The number of halogens is 2. The maximum atomic E-state index is 13.9. The minimum atomic E-state index is -0.525. The molecule has 3 N–H and O–H groups in total. The van der Waals surface area contributed by atoms with Crippen molar-refractivity contribution in [3.8, 4) is 0 Å². The van der Waals surface area contributed by atoms with E-state index in [1.54, 1.807) is 0 Å². The van der Waals surface area contributed by atoms with Crippen LogP contribution in [-0.2, 0) is 25.5 Å². The number of benzene rings is 1. The highest BCUT2D eigenvalue weighted by Gasteiger charge is 2.80. The Morgan fingerprint density at radius 1 is 1.00 bits per heavy atom. The lowest BCUT2D eigenvalue weighted by Gasteiger charge is -2.60. The molecule has 5 aliphatic carbocycles. The molecule has 11 atom stereocenters. The summed E-state index contributed by atoms with van der Waals surface area (Å²) in [5, 5.41) is 7.00. The van der Waals surface area contributed by atoms with Gasteiger partial charge >= 0.3 is 0 Å². The van der Waals surface area contributed by atoms with Crippen LogP contribution in [0.3, 0.4) is 0 Å². The fraction of sp³-hybridized carbons (Fsp3) is 0.821. The Balaban J connectivity index is 0.00000186. The van der Waals surface area contributed by atoms with E-state index in [0.717, 1.165) is 38.4 Å². The summed E-state index contributed by atoms with van der Waals surface area (Å²) in [4.78, 5) is 15.7. The predicted molar refractivity (Wildman–Crippen MR) is 182 cm³/mol. The molecule has 7 aliphatic rings. The Morgan fingerprint density at radius 3 is 2.47 bits per heavy atom. The van der Waals surface area contributed by atoms with Crippen LogP contribution in [0.5, 0.6) is 0 Å². The first-order valence-corrected chi connectivity index (χ1v) is 18.9. The van der Waals surface area contributed by atoms with Gasteiger partial charge in [-0.25, -0.2) is 8.78 Å². The van der Waals surface area contributed by atoms with E-state index in [0.29, 0.717) is 65.8 Å². The van der Waals surface area contributed by atoms with E-state index in [1.807, 2.05) is 7.05 Å². The summed E-state index contributed by atoms with van der Waals surface area (Å²) in [5.74, 6) is 1.38. The van der Waals surface area contributed by atoms with Gasteiger partial charge in [0.1, 0.15) is 17.9 Å². The highest BCUT2D eigenvalue weighted by molar-refractivity contribution is 5.75. The summed E-state index contributed by atoms with van der Waals surface area (Å²) < 4.78 is 47.5. The summed E-state index contributed by atoms with van der Waals surface area (Å²) >= 11 is 0. The Hall–Kier alpha value is -1.69. The Morgan fingerprint density at radius 2 is 1.73 bits per heavy atom. The SMILES string of the molecule is CN(Cc1cc(F)cc(F)c1)C1CCC2C(CC3C4CCC5C(C)(C)[C@@H](OC6CN(CC(N)=O)CCO6)CCC56C[C@@]46CCC23C)O1.CO. The van der Waals surface area contributed by atoms with Gasteiger partial charge in [-0.2, -0.15) is 0 Å². The van der Waals surface area contributed by atoms with Crippen LogP contribution in [0.15, 0.2) is 18.2 Å². The number of carbonyl (C=O) groups is 1. The molecule has 9 unspecified atom stereocenters. The third-order valence-corrected chi connectivity index (χ3v) is 15.2. The Labute approximate surface area is 291 Å². The molecular formula is C39H59F2N3O5. The van der Waals surface area contributed by atoms with Crippen molar-refractivity contribution >= 4 is 5.91 Å². The van der Waals surface area contributed by atoms with E-state index in [4.69, 9.17) is 25.1 Å². The van der Waals surface area contributed by atoms with Gasteiger partial charge in [0.2, 0.25) is 5.91 Å². The summed E-state index contributed by atoms with van der Waals surface area (Å²) in [6.45, 7) is 10.1. The smallest absolute Gasteiger partial charge is 0.231 e. The van der Waals surface area contributed by atoms with Crippen molar-refractivity contribution in [2.45, 2.75) is 116 Å². The number of primary amides is 1. The molecule has 1 amide bonds. The van der Waals surface area contributed by atoms with E-state index in [2.05, 4.69) is 30.6 Å². The van der Waals surface area contributed by atoms with Crippen LogP contribution in [-0.4, -0.2) is 85.9 Å². The number of nitrogens with zero attached hydrogens (tertiary/aromatic N) is 2. The number of hydrogen-bond acceptors (Lipinski definition) is 7. The number of rotatable bonds is 7. The fourth-order valence-electron chi connectivity index (χ4n) is 13.2. The normalized spacial score (nSPS) is 43.6. The molecule has 1 aromatic carbocycles. The first-order chi connectivity index (χ1) is 23.3. The molecule has 10 heteroatoms. The minimum absolute atomic E-state index is 0.0182. The van der Waals surface area contributed by atoms with E-state index in [1.165, 1.54) is 57.1 Å². The van der Waals surface area contributed by atoms with Gasteiger partial charge in [0.25, 0.3) is 0 Å². The van der Waals surface area contributed by atoms with Gasteiger partial charge in [-0.3, -0.25) is 14.6 Å². The second kappa shape index (κ2) is 13.1. The van der Waals surface area contributed by atoms with Crippen LogP contribution in [0, 0.1) is 57.0 Å². The number of aliphatic hydroxyl groups excluding tert-OH is 1. The highest BCUT2D eigenvalue weighted by atomic mass is 19.1. The van der Waals surface area contributed by atoms with Crippen molar-refractivity contribution in [3.63, 3.8) is 0 Å². The third kappa shape index (κ3) is 5.88. The minimum Gasteiger partial charge on any atom is -0.400 e. The maximum absolute atomic E-state index is 13.9. The number of aliphatic hydroxyl groups is 1. The molecule has 1 aromatic rings. The lowest BCUT2D eigenvalue weighted by Crippen LogP contribution is -2.56. The standard InChI is InChI=1S/C38H55F2N3O4.CH4O/c1-35(2)30-7-5-26-28-18-29-27(6-8-33(46-29)42(4)19-23-15-24(39)17-25(40)16-23)36(28,3)11-12-37(26)22-38(30,37)10-9-31(35)47-34-21-43(13-14-45-34)20-32(41)44;1-2/h15-17,26-31,33-34H,5-14,18-22H2,1-4H3,(H2,41,44);2H,1H3/t26?,27?,28?,29?,30?,31-,33?,34?,36?,37-,38?;/m0./s1. The number of nitrogens with two attached hydrogens (primary N) is 1. The first kappa shape index (κ1) is 35.7. The number of amides is 1. The molecule has 2 spiro atoms. The lowest BCUT2D eigenvalue weighted by molar-refractivity contribution is -0.244. The molecule has 8 nitrogen and oxygen atoms in total.